The molecule has 0 saturated heterocycles. The maximum atomic E-state index is 5.65. The van der Waals surface area contributed by atoms with Crippen LogP contribution in [0.1, 0.15) is 12.5 Å². The van der Waals surface area contributed by atoms with Gasteiger partial charge in [-0.05, 0) is 31.5 Å². The molecule has 90 valence electrons. The fourth-order valence-corrected chi connectivity index (χ4v) is 2.44. The van der Waals surface area contributed by atoms with Crippen molar-refractivity contribution in [3.8, 4) is 11.3 Å². The zero-order chi connectivity index (χ0) is 12.3. The highest BCUT2D eigenvalue weighted by Gasteiger charge is 2.13. The van der Waals surface area contributed by atoms with Crippen LogP contribution >= 0.6 is 15.9 Å². The summed E-state index contributed by atoms with van der Waals surface area (Å²) >= 11 is 3.59. The van der Waals surface area contributed by atoms with Gasteiger partial charge in [-0.3, -0.25) is 4.68 Å². The van der Waals surface area contributed by atoms with Gasteiger partial charge in [-0.1, -0.05) is 34.1 Å². The van der Waals surface area contributed by atoms with Crippen LogP contribution in [0.15, 0.2) is 34.9 Å². The summed E-state index contributed by atoms with van der Waals surface area (Å²) in [4.78, 5) is 0. The SMILES string of the molecule is CCn1ncc(CCN)c1-c1ccccc1Br. The summed E-state index contributed by atoms with van der Waals surface area (Å²) in [6.07, 6.45) is 2.78. The van der Waals surface area contributed by atoms with Gasteiger partial charge in [-0.2, -0.15) is 5.10 Å². The first-order valence-corrected chi connectivity index (χ1v) is 6.56. The molecule has 0 aliphatic rings. The minimum absolute atomic E-state index is 0.646. The molecule has 3 nitrogen and oxygen atoms in total. The maximum absolute atomic E-state index is 5.65. The molecule has 4 heteroatoms. The summed E-state index contributed by atoms with van der Waals surface area (Å²) in [5, 5.41) is 4.41. The number of nitrogens with zero attached hydrogens (tertiary/aromatic N) is 2. The largest absolute Gasteiger partial charge is 0.330 e. The van der Waals surface area contributed by atoms with Gasteiger partial charge in [-0.25, -0.2) is 0 Å². The number of aryl methyl sites for hydroxylation is 1. The maximum Gasteiger partial charge on any atom is 0.0725 e. The summed E-state index contributed by atoms with van der Waals surface area (Å²) in [6, 6.07) is 8.21. The molecule has 0 amide bonds. The molecular weight excluding hydrogens is 278 g/mol. The smallest absolute Gasteiger partial charge is 0.0725 e. The average molecular weight is 294 g/mol. The van der Waals surface area contributed by atoms with E-state index in [0.29, 0.717) is 6.54 Å². The number of nitrogens with two attached hydrogens (primary N) is 1. The van der Waals surface area contributed by atoms with Crippen molar-refractivity contribution in [1.29, 1.82) is 0 Å². The predicted molar refractivity (Wildman–Crippen MR) is 73.8 cm³/mol. The van der Waals surface area contributed by atoms with Gasteiger partial charge in [0.25, 0.3) is 0 Å². The van der Waals surface area contributed by atoms with Crippen molar-refractivity contribution >= 4 is 15.9 Å². The van der Waals surface area contributed by atoms with Gasteiger partial charge >= 0.3 is 0 Å². The van der Waals surface area contributed by atoms with Crippen molar-refractivity contribution in [2.24, 2.45) is 5.73 Å². The molecule has 2 aromatic rings. The van der Waals surface area contributed by atoms with Crippen molar-refractivity contribution in [1.82, 2.24) is 9.78 Å². The summed E-state index contributed by atoms with van der Waals surface area (Å²) in [7, 11) is 0. The molecule has 1 aromatic heterocycles. The summed E-state index contributed by atoms with van der Waals surface area (Å²) in [6.45, 7) is 3.60. The van der Waals surface area contributed by atoms with Crippen LogP contribution in [0.4, 0.5) is 0 Å². The Bertz CT molecular complexity index is 505. The lowest BCUT2D eigenvalue weighted by Crippen LogP contribution is -2.05. The zero-order valence-corrected chi connectivity index (χ0v) is 11.4. The molecule has 0 aliphatic heterocycles. The Morgan fingerprint density at radius 1 is 1.35 bits per heavy atom. The highest BCUT2D eigenvalue weighted by molar-refractivity contribution is 9.10. The molecule has 1 heterocycles. The van der Waals surface area contributed by atoms with E-state index in [1.807, 2.05) is 23.0 Å². The Kier molecular flexibility index (Phi) is 3.97. The number of aromatic nitrogens is 2. The monoisotopic (exact) mass is 293 g/mol. The van der Waals surface area contributed by atoms with E-state index in [1.54, 1.807) is 0 Å². The van der Waals surface area contributed by atoms with Gasteiger partial charge in [0, 0.05) is 16.6 Å². The molecule has 0 fully saturated rings. The minimum Gasteiger partial charge on any atom is -0.330 e. The normalized spacial score (nSPS) is 10.8. The first kappa shape index (κ1) is 12.3. The Morgan fingerprint density at radius 3 is 2.76 bits per heavy atom. The van der Waals surface area contributed by atoms with Crippen LogP contribution < -0.4 is 5.73 Å². The third-order valence-electron chi connectivity index (χ3n) is 2.76. The van der Waals surface area contributed by atoms with E-state index in [9.17, 15) is 0 Å². The molecule has 0 spiro atoms. The molecule has 0 bridgehead atoms. The van der Waals surface area contributed by atoms with Gasteiger partial charge < -0.3 is 5.73 Å². The quantitative estimate of drug-likeness (QED) is 0.942. The van der Waals surface area contributed by atoms with Gasteiger partial charge in [0.1, 0.15) is 0 Å². The number of hydrogen-bond donors (Lipinski definition) is 1. The number of benzene rings is 1. The first-order chi connectivity index (χ1) is 8.27. The lowest BCUT2D eigenvalue weighted by atomic mass is 10.1. The van der Waals surface area contributed by atoms with Gasteiger partial charge in [0.15, 0.2) is 0 Å². The second-order valence-corrected chi connectivity index (χ2v) is 4.71. The van der Waals surface area contributed by atoms with Gasteiger partial charge in [-0.15, -0.1) is 0 Å². The van der Waals surface area contributed by atoms with E-state index in [2.05, 4.69) is 40.1 Å². The fraction of sp³-hybridized carbons (Fsp3) is 0.308. The van der Waals surface area contributed by atoms with E-state index in [1.165, 1.54) is 16.8 Å². The molecule has 2 N–H and O–H groups in total. The van der Waals surface area contributed by atoms with Crippen LogP contribution in [0.2, 0.25) is 0 Å². The third-order valence-corrected chi connectivity index (χ3v) is 3.45. The Hall–Kier alpha value is -1.13. The van der Waals surface area contributed by atoms with E-state index in [4.69, 9.17) is 5.73 Å². The highest BCUT2D eigenvalue weighted by atomic mass is 79.9. The second-order valence-electron chi connectivity index (χ2n) is 3.85. The van der Waals surface area contributed by atoms with Crippen LogP contribution in [0.3, 0.4) is 0 Å². The molecule has 0 radical (unpaired) electrons. The van der Waals surface area contributed by atoms with Crippen LogP contribution in [0.25, 0.3) is 11.3 Å². The van der Waals surface area contributed by atoms with Crippen molar-refractivity contribution in [2.45, 2.75) is 19.9 Å². The lowest BCUT2D eigenvalue weighted by molar-refractivity contribution is 0.666. The topological polar surface area (TPSA) is 43.8 Å². The number of halogens is 1. The summed E-state index contributed by atoms with van der Waals surface area (Å²) in [5.41, 5.74) is 9.20. The van der Waals surface area contributed by atoms with E-state index in [0.717, 1.165) is 17.4 Å². The standard InChI is InChI=1S/C13H16BrN3/c1-2-17-13(10(7-8-15)9-16-17)11-5-3-4-6-12(11)14/h3-6,9H,2,7-8,15H2,1H3. The molecule has 0 saturated carbocycles. The minimum atomic E-state index is 0.646. The predicted octanol–water partition coefficient (Wildman–Crippen LogP) is 2.83. The van der Waals surface area contributed by atoms with Gasteiger partial charge in [0.05, 0.1) is 11.9 Å². The van der Waals surface area contributed by atoms with Gasteiger partial charge in [0.2, 0.25) is 0 Å². The summed E-state index contributed by atoms with van der Waals surface area (Å²) in [5.74, 6) is 0. The molecule has 1 aromatic carbocycles. The fourth-order valence-electron chi connectivity index (χ4n) is 1.97. The van der Waals surface area contributed by atoms with Crippen LogP contribution in [-0.2, 0) is 13.0 Å². The van der Waals surface area contributed by atoms with Crippen LogP contribution in [0, 0.1) is 0 Å². The van der Waals surface area contributed by atoms with Crippen molar-refractivity contribution in [2.75, 3.05) is 6.54 Å². The van der Waals surface area contributed by atoms with E-state index in [-0.39, 0.29) is 0 Å². The molecule has 17 heavy (non-hydrogen) atoms. The summed E-state index contributed by atoms with van der Waals surface area (Å²) < 4.78 is 3.11. The number of hydrogen-bond acceptors (Lipinski definition) is 2. The Morgan fingerprint density at radius 2 is 2.12 bits per heavy atom. The third kappa shape index (κ3) is 2.42. The lowest BCUT2D eigenvalue weighted by Gasteiger charge is -2.09. The Balaban J connectivity index is 2.56. The zero-order valence-electron chi connectivity index (χ0n) is 9.86. The molecular formula is C13H16BrN3. The van der Waals surface area contributed by atoms with Crippen molar-refractivity contribution < 1.29 is 0 Å². The average Bonchev–Trinajstić information content (AvgIpc) is 2.73. The van der Waals surface area contributed by atoms with E-state index < -0.39 is 0 Å². The second kappa shape index (κ2) is 5.47. The molecule has 0 atom stereocenters. The molecule has 2 rings (SSSR count). The Labute approximate surface area is 110 Å². The number of rotatable bonds is 4. The molecule has 0 aliphatic carbocycles. The molecule has 0 unspecified atom stereocenters. The van der Waals surface area contributed by atoms with Crippen molar-refractivity contribution in [3.05, 3.63) is 40.5 Å². The van der Waals surface area contributed by atoms with E-state index >= 15 is 0 Å². The first-order valence-electron chi connectivity index (χ1n) is 5.77. The van der Waals surface area contributed by atoms with Crippen LogP contribution in [0.5, 0.6) is 0 Å². The van der Waals surface area contributed by atoms with Crippen molar-refractivity contribution in [3.63, 3.8) is 0 Å². The van der Waals surface area contributed by atoms with Crippen LogP contribution in [-0.4, -0.2) is 16.3 Å². The highest BCUT2D eigenvalue weighted by Crippen LogP contribution is 2.30.